The molecule has 0 aliphatic rings. The van der Waals surface area contributed by atoms with E-state index in [9.17, 15) is 5.11 Å². The molecule has 0 spiro atoms. The first kappa shape index (κ1) is 10.8. The molecule has 1 heterocycles. The lowest BCUT2D eigenvalue weighted by atomic mass is 10.2. The molecule has 16 heavy (non-hydrogen) atoms. The summed E-state index contributed by atoms with van der Waals surface area (Å²) in [5, 5.41) is 25.3. The number of aromatic nitrogens is 3. The van der Waals surface area contributed by atoms with E-state index in [-0.39, 0.29) is 12.4 Å². The molecule has 0 aliphatic carbocycles. The highest BCUT2D eigenvalue weighted by molar-refractivity contribution is 7.71. The number of hydrogen-bond donors (Lipinski definition) is 3. The van der Waals surface area contributed by atoms with Crippen molar-refractivity contribution < 1.29 is 10.2 Å². The maximum atomic E-state index is 9.70. The van der Waals surface area contributed by atoms with Crippen molar-refractivity contribution in [3.05, 3.63) is 29.0 Å². The van der Waals surface area contributed by atoms with E-state index in [4.69, 9.17) is 17.3 Å². The van der Waals surface area contributed by atoms with Crippen LogP contribution in [0.15, 0.2) is 24.3 Å². The monoisotopic (exact) mass is 237 g/mol. The Morgan fingerprint density at radius 3 is 2.81 bits per heavy atom. The molecule has 5 nitrogen and oxygen atoms in total. The number of aromatic amines is 1. The average Bonchev–Trinajstić information content (AvgIpc) is 2.62. The van der Waals surface area contributed by atoms with Gasteiger partial charge in [-0.05, 0) is 24.4 Å². The van der Waals surface area contributed by atoms with Crippen molar-refractivity contribution in [3.8, 4) is 17.1 Å². The highest BCUT2D eigenvalue weighted by atomic mass is 32.1. The third-order valence-corrected chi connectivity index (χ3v) is 2.54. The number of aliphatic hydroxyl groups is 1. The fourth-order valence-electron chi connectivity index (χ4n) is 1.49. The number of nitrogens with one attached hydrogen (secondary N) is 1. The highest BCUT2D eigenvalue weighted by Gasteiger charge is 2.11. The molecule has 0 unspecified atom stereocenters. The molecule has 2 rings (SSSR count). The third kappa shape index (κ3) is 1.84. The number of aromatic hydroxyl groups is 1. The minimum Gasteiger partial charge on any atom is -0.507 e. The first-order valence-electron chi connectivity index (χ1n) is 4.78. The maximum Gasteiger partial charge on any atom is 0.195 e. The van der Waals surface area contributed by atoms with E-state index in [1.807, 2.05) is 0 Å². The van der Waals surface area contributed by atoms with Crippen molar-refractivity contribution in [2.45, 2.75) is 6.54 Å². The first-order valence-corrected chi connectivity index (χ1v) is 5.19. The van der Waals surface area contributed by atoms with Crippen LogP contribution in [0.2, 0.25) is 0 Å². The van der Waals surface area contributed by atoms with Gasteiger partial charge in [-0.2, -0.15) is 5.10 Å². The Labute approximate surface area is 97.0 Å². The van der Waals surface area contributed by atoms with Gasteiger partial charge in [0.15, 0.2) is 10.6 Å². The summed E-state index contributed by atoms with van der Waals surface area (Å²) in [5.41, 5.74) is 0.586. The van der Waals surface area contributed by atoms with Crippen molar-refractivity contribution in [1.82, 2.24) is 14.8 Å². The second kappa shape index (κ2) is 4.46. The second-order valence-corrected chi connectivity index (χ2v) is 3.63. The molecular formula is C10H11N3O2S. The number of rotatable bonds is 3. The summed E-state index contributed by atoms with van der Waals surface area (Å²) in [7, 11) is 0. The predicted octanol–water partition coefficient (Wildman–Crippen LogP) is 1.31. The molecule has 6 heteroatoms. The number of para-hydroxylation sites is 1. The Kier molecular flexibility index (Phi) is 3.02. The Morgan fingerprint density at radius 2 is 2.12 bits per heavy atom. The lowest BCUT2D eigenvalue weighted by molar-refractivity contribution is 0.276. The fraction of sp³-hybridized carbons (Fsp3) is 0.200. The summed E-state index contributed by atoms with van der Waals surface area (Å²) in [5.74, 6) is 0.660. The number of phenols is 1. The molecule has 2 aromatic rings. The van der Waals surface area contributed by atoms with E-state index in [1.54, 1.807) is 28.8 Å². The Balaban J connectivity index is 2.56. The molecule has 84 valence electrons. The van der Waals surface area contributed by atoms with Crippen LogP contribution >= 0.6 is 12.2 Å². The van der Waals surface area contributed by atoms with Crippen LogP contribution in [-0.4, -0.2) is 31.6 Å². The normalized spacial score (nSPS) is 10.6. The van der Waals surface area contributed by atoms with Gasteiger partial charge in [0.05, 0.1) is 18.7 Å². The molecule has 1 aromatic carbocycles. The minimum absolute atomic E-state index is 0.0333. The van der Waals surface area contributed by atoms with Gasteiger partial charge in [-0.25, -0.2) is 0 Å². The third-order valence-electron chi connectivity index (χ3n) is 2.23. The minimum atomic E-state index is -0.0333. The topological polar surface area (TPSA) is 74.1 Å². The summed E-state index contributed by atoms with van der Waals surface area (Å²) in [6.45, 7) is 0.313. The molecule has 3 N–H and O–H groups in total. The van der Waals surface area contributed by atoms with E-state index in [0.717, 1.165) is 0 Å². The SMILES string of the molecule is OCCn1c(-c2ccccc2O)n[nH]c1=S. The zero-order valence-corrected chi connectivity index (χ0v) is 9.24. The van der Waals surface area contributed by atoms with Gasteiger partial charge in [-0.1, -0.05) is 12.1 Å². The van der Waals surface area contributed by atoms with Crippen LogP contribution in [-0.2, 0) is 6.54 Å². The molecule has 0 fully saturated rings. The van der Waals surface area contributed by atoms with Gasteiger partial charge in [-0.15, -0.1) is 0 Å². The van der Waals surface area contributed by atoms with Crippen molar-refractivity contribution in [3.63, 3.8) is 0 Å². The highest BCUT2D eigenvalue weighted by Crippen LogP contribution is 2.26. The van der Waals surface area contributed by atoms with Crippen molar-refractivity contribution in [2.75, 3.05) is 6.61 Å². The van der Waals surface area contributed by atoms with Gasteiger partial charge in [0.25, 0.3) is 0 Å². The largest absolute Gasteiger partial charge is 0.507 e. The molecule has 0 aliphatic heterocycles. The van der Waals surface area contributed by atoms with Gasteiger partial charge in [-0.3, -0.25) is 9.67 Å². The summed E-state index contributed by atoms with van der Waals surface area (Å²) in [4.78, 5) is 0. The van der Waals surface area contributed by atoms with Crippen LogP contribution in [0.1, 0.15) is 0 Å². The molecule has 0 bridgehead atoms. The Bertz CT molecular complexity index is 547. The summed E-state index contributed by atoms with van der Waals surface area (Å²) in [6, 6.07) is 6.86. The lowest BCUT2D eigenvalue weighted by Gasteiger charge is -2.05. The first-order chi connectivity index (χ1) is 7.74. The maximum absolute atomic E-state index is 9.70. The quantitative estimate of drug-likeness (QED) is 0.704. The van der Waals surface area contributed by atoms with Crippen molar-refractivity contribution in [1.29, 1.82) is 0 Å². The van der Waals surface area contributed by atoms with Crippen molar-refractivity contribution >= 4 is 12.2 Å². The summed E-state index contributed by atoms with van der Waals surface area (Å²) < 4.78 is 2.07. The molecular weight excluding hydrogens is 226 g/mol. The summed E-state index contributed by atoms with van der Waals surface area (Å²) in [6.07, 6.45) is 0. The molecule has 0 saturated heterocycles. The lowest BCUT2D eigenvalue weighted by Crippen LogP contribution is -2.04. The van der Waals surface area contributed by atoms with E-state index in [2.05, 4.69) is 10.2 Å². The zero-order valence-electron chi connectivity index (χ0n) is 8.42. The van der Waals surface area contributed by atoms with Crippen molar-refractivity contribution in [2.24, 2.45) is 0 Å². The van der Waals surface area contributed by atoms with Crippen LogP contribution in [0.25, 0.3) is 11.4 Å². The van der Waals surface area contributed by atoms with Gasteiger partial charge in [0.2, 0.25) is 0 Å². The number of H-pyrrole nitrogens is 1. The van der Waals surface area contributed by atoms with E-state index >= 15 is 0 Å². The molecule has 1 aromatic heterocycles. The number of hydrogen-bond acceptors (Lipinski definition) is 4. The van der Waals surface area contributed by atoms with E-state index < -0.39 is 0 Å². The summed E-state index contributed by atoms with van der Waals surface area (Å²) >= 11 is 5.03. The van der Waals surface area contributed by atoms with Crippen LogP contribution in [0.5, 0.6) is 5.75 Å². The van der Waals surface area contributed by atoms with E-state index in [0.29, 0.717) is 22.7 Å². The Morgan fingerprint density at radius 1 is 1.38 bits per heavy atom. The van der Waals surface area contributed by atoms with Gasteiger partial charge >= 0.3 is 0 Å². The molecule has 0 atom stereocenters. The predicted molar refractivity (Wildman–Crippen MR) is 61.6 cm³/mol. The molecule has 0 amide bonds. The van der Waals surface area contributed by atoms with E-state index in [1.165, 1.54) is 0 Å². The molecule has 0 saturated carbocycles. The second-order valence-electron chi connectivity index (χ2n) is 3.24. The van der Waals surface area contributed by atoms with Crippen LogP contribution in [0.3, 0.4) is 0 Å². The van der Waals surface area contributed by atoms with Crippen LogP contribution in [0, 0.1) is 4.77 Å². The molecule has 0 radical (unpaired) electrons. The van der Waals surface area contributed by atoms with Crippen LogP contribution < -0.4 is 0 Å². The van der Waals surface area contributed by atoms with Gasteiger partial charge in [0, 0.05) is 0 Å². The average molecular weight is 237 g/mol. The standard InChI is InChI=1S/C10H11N3O2S/c14-6-5-13-9(11-12-10(13)16)7-3-1-2-4-8(7)15/h1-4,14-15H,5-6H2,(H,12,16). The van der Waals surface area contributed by atoms with Gasteiger partial charge in [0.1, 0.15) is 5.75 Å². The number of benzene rings is 1. The number of nitrogens with zero attached hydrogens (tertiary/aromatic N) is 2. The zero-order chi connectivity index (χ0) is 11.5. The number of aliphatic hydroxyl groups excluding tert-OH is 1. The van der Waals surface area contributed by atoms with Gasteiger partial charge < -0.3 is 10.2 Å². The number of phenolic OH excluding ortho intramolecular Hbond substituents is 1. The fourth-order valence-corrected chi connectivity index (χ4v) is 1.72. The Hall–Kier alpha value is -1.66. The smallest absolute Gasteiger partial charge is 0.195 e. The van der Waals surface area contributed by atoms with Crippen LogP contribution in [0.4, 0.5) is 0 Å².